The van der Waals surface area contributed by atoms with Crippen LogP contribution in [-0.2, 0) is 21.4 Å². The van der Waals surface area contributed by atoms with Crippen LogP contribution in [0.5, 0.6) is 0 Å². The maximum absolute atomic E-state index is 12.2. The molecule has 0 unspecified atom stereocenters. The zero-order chi connectivity index (χ0) is 19.2. The van der Waals surface area contributed by atoms with Gasteiger partial charge in [-0.3, -0.25) is 9.59 Å². The van der Waals surface area contributed by atoms with Gasteiger partial charge in [0.1, 0.15) is 0 Å². The lowest BCUT2D eigenvalue weighted by molar-refractivity contribution is -0.121. The number of sulfonamides is 1. The SMILES string of the molecule is CC(=O)c1cccc(S(=O)(=O)NCCC(=O)NCc2ccccc2Cl)c1. The number of hydrogen-bond acceptors (Lipinski definition) is 4. The summed E-state index contributed by atoms with van der Waals surface area (Å²) in [5.41, 5.74) is 1.09. The van der Waals surface area contributed by atoms with E-state index in [1.807, 2.05) is 6.07 Å². The van der Waals surface area contributed by atoms with E-state index in [4.69, 9.17) is 11.6 Å². The average Bonchev–Trinajstić information content (AvgIpc) is 2.61. The van der Waals surface area contributed by atoms with Crippen LogP contribution in [0.15, 0.2) is 53.4 Å². The van der Waals surface area contributed by atoms with Gasteiger partial charge in [-0.2, -0.15) is 0 Å². The quantitative estimate of drug-likeness (QED) is 0.673. The lowest BCUT2D eigenvalue weighted by atomic mass is 10.2. The standard InChI is InChI=1S/C18H19ClN2O4S/c1-13(22)14-6-4-7-16(11-14)26(24,25)21-10-9-18(23)20-12-15-5-2-3-8-17(15)19/h2-8,11,21H,9-10,12H2,1H3,(H,20,23). The third-order valence-corrected chi connectivity index (χ3v) is 5.46. The van der Waals surface area contributed by atoms with E-state index in [9.17, 15) is 18.0 Å². The van der Waals surface area contributed by atoms with Gasteiger partial charge in [-0.15, -0.1) is 0 Å². The molecule has 0 heterocycles. The predicted octanol–water partition coefficient (Wildman–Crippen LogP) is 2.53. The highest BCUT2D eigenvalue weighted by Gasteiger charge is 2.15. The lowest BCUT2D eigenvalue weighted by Gasteiger charge is -2.09. The van der Waals surface area contributed by atoms with Gasteiger partial charge in [0.25, 0.3) is 0 Å². The Kier molecular flexibility index (Phi) is 6.90. The van der Waals surface area contributed by atoms with E-state index in [-0.39, 0.29) is 36.1 Å². The second-order valence-corrected chi connectivity index (χ2v) is 7.77. The van der Waals surface area contributed by atoms with Crippen LogP contribution in [0.4, 0.5) is 0 Å². The van der Waals surface area contributed by atoms with Crippen LogP contribution in [0.1, 0.15) is 29.3 Å². The molecule has 0 spiro atoms. The molecule has 1 amide bonds. The van der Waals surface area contributed by atoms with Gasteiger partial charge in [-0.05, 0) is 30.7 Å². The van der Waals surface area contributed by atoms with Crippen LogP contribution >= 0.6 is 11.6 Å². The second kappa shape index (κ2) is 8.93. The predicted molar refractivity (Wildman–Crippen MR) is 99.6 cm³/mol. The molecule has 0 saturated heterocycles. The Morgan fingerprint density at radius 2 is 1.81 bits per heavy atom. The number of nitrogens with one attached hydrogen (secondary N) is 2. The monoisotopic (exact) mass is 394 g/mol. The number of halogens is 1. The van der Waals surface area contributed by atoms with E-state index < -0.39 is 10.0 Å². The van der Waals surface area contributed by atoms with Crippen molar-refractivity contribution in [2.75, 3.05) is 6.54 Å². The molecule has 2 aromatic carbocycles. The number of carbonyl (C=O) groups excluding carboxylic acids is 2. The van der Waals surface area contributed by atoms with Gasteiger partial charge >= 0.3 is 0 Å². The fourth-order valence-corrected chi connectivity index (χ4v) is 3.47. The number of hydrogen-bond donors (Lipinski definition) is 2. The van der Waals surface area contributed by atoms with E-state index >= 15 is 0 Å². The molecule has 8 heteroatoms. The van der Waals surface area contributed by atoms with Crippen molar-refractivity contribution in [1.82, 2.24) is 10.0 Å². The minimum atomic E-state index is -3.79. The largest absolute Gasteiger partial charge is 0.352 e. The summed E-state index contributed by atoms with van der Waals surface area (Å²) in [6.45, 7) is 1.58. The number of rotatable bonds is 8. The first-order chi connectivity index (χ1) is 12.3. The van der Waals surface area contributed by atoms with Crippen molar-refractivity contribution in [3.05, 3.63) is 64.7 Å². The number of benzene rings is 2. The average molecular weight is 395 g/mol. The van der Waals surface area contributed by atoms with Crippen LogP contribution in [0.2, 0.25) is 5.02 Å². The van der Waals surface area contributed by atoms with E-state index in [0.29, 0.717) is 10.6 Å². The highest BCUT2D eigenvalue weighted by atomic mass is 35.5. The molecule has 26 heavy (non-hydrogen) atoms. The molecule has 0 fully saturated rings. The lowest BCUT2D eigenvalue weighted by Crippen LogP contribution is -2.30. The fraction of sp³-hybridized carbons (Fsp3) is 0.222. The Morgan fingerprint density at radius 3 is 2.50 bits per heavy atom. The highest BCUT2D eigenvalue weighted by Crippen LogP contribution is 2.14. The summed E-state index contributed by atoms with van der Waals surface area (Å²) < 4.78 is 26.8. The van der Waals surface area contributed by atoms with Crippen molar-refractivity contribution < 1.29 is 18.0 Å². The summed E-state index contributed by atoms with van der Waals surface area (Å²) in [6, 6.07) is 12.9. The van der Waals surface area contributed by atoms with Gasteiger partial charge in [0.2, 0.25) is 15.9 Å². The number of Topliss-reactive ketones (excluding diaryl/α,β-unsaturated/α-hetero) is 1. The third kappa shape index (κ3) is 5.66. The van der Waals surface area contributed by atoms with Gasteiger partial charge in [0, 0.05) is 30.1 Å². The summed E-state index contributed by atoms with van der Waals surface area (Å²) in [7, 11) is -3.79. The molecular weight excluding hydrogens is 376 g/mol. The van der Waals surface area contributed by atoms with E-state index in [1.54, 1.807) is 24.3 Å². The topological polar surface area (TPSA) is 92.3 Å². The molecule has 0 aliphatic rings. The normalized spacial score (nSPS) is 11.2. The van der Waals surface area contributed by atoms with E-state index in [1.165, 1.54) is 25.1 Å². The minimum Gasteiger partial charge on any atom is -0.352 e. The molecule has 0 radical (unpaired) electrons. The van der Waals surface area contributed by atoms with Gasteiger partial charge in [-0.1, -0.05) is 41.9 Å². The third-order valence-electron chi connectivity index (χ3n) is 3.63. The van der Waals surface area contributed by atoms with Crippen LogP contribution in [0, 0.1) is 0 Å². The fourth-order valence-electron chi connectivity index (χ4n) is 2.19. The molecule has 0 atom stereocenters. The molecule has 2 aromatic rings. The van der Waals surface area contributed by atoms with E-state index in [0.717, 1.165) is 5.56 Å². The Balaban J connectivity index is 1.86. The zero-order valence-electron chi connectivity index (χ0n) is 14.2. The highest BCUT2D eigenvalue weighted by molar-refractivity contribution is 7.89. The van der Waals surface area contributed by atoms with Gasteiger partial charge in [0.05, 0.1) is 4.90 Å². The maximum atomic E-state index is 12.2. The van der Waals surface area contributed by atoms with Crippen molar-refractivity contribution >= 4 is 33.3 Å². The molecule has 0 saturated carbocycles. The second-order valence-electron chi connectivity index (χ2n) is 5.60. The summed E-state index contributed by atoms with van der Waals surface area (Å²) >= 11 is 6.01. The van der Waals surface area contributed by atoms with Crippen LogP contribution in [0.25, 0.3) is 0 Å². The van der Waals surface area contributed by atoms with Crippen molar-refractivity contribution in [2.45, 2.75) is 24.8 Å². The molecule has 0 bridgehead atoms. The number of amides is 1. The van der Waals surface area contributed by atoms with Gasteiger partial charge in [0.15, 0.2) is 5.78 Å². The molecule has 2 N–H and O–H groups in total. The molecule has 2 rings (SSSR count). The smallest absolute Gasteiger partial charge is 0.240 e. The van der Waals surface area contributed by atoms with Crippen LogP contribution in [0.3, 0.4) is 0 Å². The molecule has 138 valence electrons. The first-order valence-electron chi connectivity index (χ1n) is 7.90. The first-order valence-corrected chi connectivity index (χ1v) is 9.76. The molecular formula is C18H19ClN2O4S. The number of ketones is 1. The van der Waals surface area contributed by atoms with Crippen molar-refractivity contribution in [1.29, 1.82) is 0 Å². The molecule has 6 nitrogen and oxygen atoms in total. The van der Waals surface area contributed by atoms with Gasteiger partial charge < -0.3 is 5.32 Å². The first kappa shape index (κ1) is 20.1. The van der Waals surface area contributed by atoms with Gasteiger partial charge in [-0.25, -0.2) is 13.1 Å². The summed E-state index contributed by atoms with van der Waals surface area (Å²) in [4.78, 5) is 23.2. The molecule has 0 aliphatic carbocycles. The van der Waals surface area contributed by atoms with Crippen molar-refractivity contribution in [3.8, 4) is 0 Å². The van der Waals surface area contributed by atoms with Crippen LogP contribution in [-0.4, -0.2) is 26.7 Å². The Hall–Kier alpha value is -2.22. The summed E-state index contributed by atoms with van der Waals surface area (Å²) in [5, 5.41) is 3.24. The summed E-state index contributed by atoms with van der Waals surface area (Å²) in [6.07, 6.45) is -0.0178. The van der Waals surface area contributed by atoms with Crippen LogP contribution < -0.4 is 10.0 Å². The number of carbonyl (C=O) groups is 2. The van der Waals surface area contributed by atoms with Crippen molar-refractivity contribution in [2.24, 2.45) is 0 Å². The Morgan fingerprint density at radius 1 is 1.08 bits per heavy atom. The van der Waals surface area contributed by atoms with E-state index in [2.05, 4.69) is 10.0 Å². The minimum absolute atomic E-state index is 0.0123. The Labute approximate surface area is 157 Å². The Bertz CT molecular complexity index is 913. The van der Waals surface area contributed by atoms with Crippen molar-refractivity contribution in [3.63, 3.8) is 0 Å². The molecule has 0 aromatic heterocycles. The summed E-state index contributed by atoms with van der Waals surface area (Å²) in [5.74, 6) is -0.522. The maximum Gasteiger partial charge on any atom is 0.240 e. The molecule has 0 aliphatic heterocycles. The zero-order valence-corrected chi connectivity index (χ0v) is 15.7.